The van der Waals surface area contributed by atoms with E-state index >= 15 is 0 Å². The molecule has 0 amide bonds. The number of esters is 4. The fourth-order valence-corrected chi connectivity index (χ4v) is 13.3. The molecule has 0 bridgehead atoms. The number of unbranched alkanes of at least 4 members (excludes halogenated alkanes) is 42. The lowest BCUT2D eigenvalue weighted by atomic mass is 9.99. The van der Waals surface area contributed by atoms with E-state index in [4.69, 9.17) is 37.0 Å². The minimum Gasteiger partial charge on any atom is -0.462 e. The molecule has 0 radical (unpaired) electrons. The summed E-state index contributed by atoms with van der Waals surface area (Å²) in [6, 6.07) is 0. The van der Waals surface area contributed by atoms with Crippen molar-refractivity contribution in [3.05, 3.63) is 0 Å². The molecule has 0 heterocycles. The number of carbonyl (C=O) groups is 4. The van der Waals surface area contributed by atoms with Crippen LogP contribution in [0, 0.1) is 17.8 Å². The Balaban J connectivity index is 5.24. The van der Waals surface area contributed by atoms with Crippen molar-refractivity contribution in [2.75, 3.05) is 39.6 Å². The second-order valence-corrected chi connectivity index (χ2v) is 31.8. The van der Waals surface area contributed by atoms with Crippen molar-refractivity contribution in [3.8, 4) is 0 Å². The van der Waals surface area contributed by atoms with E-state index in [2.05, 4.69) is 48.5 Å². The van der Waals surface area contributed by atoms with Gasteiger partial charge < -0.3 is 33.8 Å². The lowest BCUT2D eigenvalue weighted by molar-refractivity contribution is -0.161. The van der Waals surface area contributed by atoms with Crippen LogP contribution in [0.15, 0.2) is 0 Å². The molecule has 0 saturated carbocycles. The molecule has 0 aromatic rings. The van der Waals surface area contributed by atoms with Crippen LogP contribution in [0.4, 0.5) is 0 Å². The second-order valence-electron chi connectivity index (χ2n) is 28.9. The van der Waals surface area contributed by atoms with Crippen molar-refractivity contribution < 1.29 is 80.2 Å². The van der Waals surface area contributed by atoms with Gasteiger partial charge in [0.2, 0.25) is 0 Å². The summed E-state index contributed by atoms with van der Waals surface area (Å²) in [7, 11) is -9.91. The molecule has 3 N–H and O–H groups in total. The number of hydrogen-bond acceptors (Lipinski definition) is 15. The summed E-state index contributed by atoms with van der Waals surface area (Å²) < 4.78 is 68.6. The predicted molar refractivity (Wildman–Crippen MR) is 391 cm³/mol. The molecule has 17 nitrogen and oxygen atoms in total. The molecule has 0 saturated heterocycles. The first-order valence-electron chi connectivity index (χ1n) is 39.9. The van der Waals surface area contributed by atoms with Crippen LogP contribution in [0.1, 0.15) is 395 Å². The number of aliphatic hydroxyl groups excluding tert-OH is 1. The standard InChI is InChI=1S/C77H150O17P2/c1-8-10-11-12-13-14-30-37-44-51-58-74(79)87-64-73(94-77(82)61-54-47-40-33-26-28-35-42-49-56-69(5)6)67-92-96(85,86)90-63-71(78)62-89-95(83,84)91-66-72(65-88-75(80)59-52-45-38-31-24-21-17-18-22-27-34-41-48-55-68(3)4)93-76(81)60-53-46-39-32-25-20-16-15-19-23-29-36-43-50-57-70(7)9-2/h68-73,78H,8-67H2,1-7H3,(H,83,84)(H,85,86)/t70?,71-,72-,73-/m1/s1. The van der Waals surface area contributed by atoms with Crippen LogP contribution in [0.3, 0.4) is 0 Å². The van der Waals surface area contributed by atoms with Gasteiger partial charge in [-0.05, 0) is 43.4 Å². The number of ether oxygens (including phenoxy) is 4. The summed E-state index contributed by atoms with van der Waals surface area (Å²) in [4.78, 5) is 72.8. The van der Waals surface area contributed by atoms with E-state index in [1.165, 1.54) is 205 Å². The Morgan fingerprint density at radius 1 is 0.302 bits per heavy atom. The van der Waals surface area contributed by atoms with Crippen molar-refractivity contribution in [3.63, 3.8) is 0 Å². The van der Waals surface area contributed by atoms with Crippen LogP contribution in [-0.2, 0) is 65.4 Å². The number of phosphoric ester groups is 2. The molecular weight excluding hydrogens is 1260 g/mol. The monoisotopic (exact) mass is 1410 g/mol. The van der Waals surface area contributed by atoms with E-state index in [9.17, 15) is 43.2 Å². The van der Waals surface area contributed by atoms with Crippen molar-refractivity contribution in [2.24, 2.45) is 17.8 Å². The molecule has 6 atom stereocenters. The summed E-state index contributed by atoms with van der Waals surface area (Å²) in [5, 5.41) is 10.6. The zero-order valence-corrected chi connectivity index (χ0v) is 64.6. The first kappa shape index (κ1) is 94.1. The molecule has 0 aromatic carbocycles. The highest BCUT2D eigenvalue weighted by Gasteiger charge is 2.30. The Bertz CT molecular complexity index is 1870. The third-order valence-electron chi connectivity index (χ3n) is 18.2. The van der Waals surface area contributed by atoms with E-state index in [0.717, 1.165) is 108 Å². The van der Waals surface area contributed by atoms with Crippen LogP contribution in [0.2, 0.25) is 0 Å². The van der Waals surface area contributed by atoms with Crippen LogP contribution < -0.4 is 0 Å². The van der Waals surface area contributed by atoms with E-state index in [1.54, 1.807) is 0 Å². The van der Waals surface area contributed by atoms with Gasteiger partial charge in [0.15, 0.2) is 12.2 Å². The molecule has 0 spiro atoms. The normalized spacial score (nSPS) is 14.3. The molecule has 3 unspecified atom stereocenters. The first-order chi connectivity index (χ1) is 46.3. The van der Waals surface area contributed by atoms with Gasteiger partial charge in [-0.1, -0.05) is 344 Å². The van der Waals surface area contributed by atoms with Crippen LogP contribution >= 0.6 is 15.6 Å². The van der Waals surface area contributed by atoms with Gasteiger partial charge in [0.05, 0.1) is 26.4 Å². The number of hydrogen-bond donors (Lipinski definition) is 3. The molecule has 0 aliphatic carbocycles. The van der Waals surface area contributed by atoms with Crippen molar-refractivity contribution in [1.29, 1.82) is 0 Å². The average Bonchev–Trinajstić information content (AvgIpc) is 1.25. The van der Waals surface area contributed by atoms with Crippen molar-refractivity contribution >= 4 is 39.5 Å². The van der Waals surface area contributed by atoms with E-state index in [-0.39, 0.29) is 25.7 Å². The van der Waals surface area contributed by atoms with Gasteiger partial charge in [-0.25, -0.2) is 9.13 Å². The second kappa shape index (κ2) is 67.5. The van der Waals surface area contributed by atoms with E-state index < -0.39 is 97.5 Å². The van der Waals surface area contributed by atoms with Gasteiger partial charge in [0.1, 0.15) is 19.3 Å². The average molecular weight is 1410 g/mol. The SMILES string of the molecule is CCCCCCCCCCCCC(=O)OC[C@H](COP(=O)(O)OC[C@H](O)COP(=O)(O)OC[C@@H](COC(=O)CCCCCCCCCCCCCCCC(C)C)OC(=O)CCCCCCCCCCCCCCCCC(C)CC)OC(=O)CCCCCCCCCCCC(C)C. The van der Waals surface area contributed by atoms with E-state index in [1.807, 2.05) is 0 Å². The Hall–Kier alpha value is -1.94. The molecule has 0 rings (SSSR count). The van der Waals surface area contributed by atoms with Crippen LogP contribution in [-0.4, -0.2) is 96.7 Å². The quantitative estimate of drug-likeness (QED) is 0.0222. The Morgan fingerprint density at radius 3 is 0.792 bits per heavy atom. The maximum Gasteiger partial charge on any atom is 0.472 e. The number of phosphoric acid groups is 2. The van der Waals surface area contributed by atoms with Crippen molar-refractivity contribution in [2.45, 2.75) is 414 Å². The smallest absolute Gasteiger partial charge is 0.462 e. The summed E-state index contributed by atoms with van der Waals surface area (Å²) >= 11 is 0. The lowest BCUT2D eigenvalue weighted by Gasteiger charge is -2.21. The summed E-state index contributed by atoms with van der Waals surface area (Å²) in [6.07, 6.45) is 54.0. The van der Waals surface area contributed by atoms with Gasteiger partial charge in [0.25, 0.3) is 0 Å². The molecule has 570 valence electrons. The first-order valence-corrected chi connectivity index (χ1v) is 42.9. The Labute approximate surface area is 588 Å². The molecule has 0 aliphatic rings. The Kier molecular flexibility index (Phi) is 66.2. The van der Waals surface area contributed by atoms with Gasteiger partial charge in [0, 0.05) is 25.7 Å². The number of rotatable bonds is 75. The Morgan fingerprint density at radius 2 is 0.531 bits per heavy atom. The lowest BCUT2D eigenvalue weighted by Crippen LogP contribution is -2.30. The zero-order valence-electron chi connectivity index (χ0n) is 62.8. The van der Waals surface area contributed by atoms with Crippen molar-refractivity contribution in [1.82, 2.24) is 0 Å². The highest BCUT2D eigenvalue weighted by molar-refractivity contribution is 7.47. The number of aliphatic hydroxyl groups is 1. The molecule has 0 aromatic heterocycles. The predicted octanol–water partition coefficient (Wildman–Crippen LogP) is 22.6. The maximum atomic E-state index is 13.1. The molecule has 0 fully saturated rings. The zero-order chi connectivity index (χ0) is 70.9. The maximum absolute atomic E-state index is 13.1. The minimum atomic E-state index is -4.96. The molecule has 96 heavy (non-hydrogen) atoms. The fourth-order valence-electron chi connectivity index (χ4n) is 11.7. The third-order valence-corrected chi connectivity index (χ3v) is 20.1. The summed E-state index contributed by atoms with van der Waals surface area (Å²) in [6.45, 7) is 11.9. The van der Waals surface area contributed by atoms with E-state index in [0.29, 0.717) is 25.7 Å². The van der Waals surface area contributed by atoms with Gasteiger partial charge in [-0.3, -0.25) is 37.3 Å². The third kappa shape index (κ3) is 69.2. The van der Waals surface area contributed by atoms with Crippen LogP contribution in [0.25, 0.3) is 0 Å². The van der Waals surface area contributed by atoms with Gasteiger partial charge in [-0.15, -0.1) is 0 Å². The van der Waals surface area contributed by atoms with Crippen LogP contribution in [0.5, 0.6) is 0 Å². The van der Waals surface area contributed by atoms with Gasteiger partial charge in [-0.2, -0.15) is 0 Å². The largest absolute Gasteiger partial charge is 0.472 e. The highest BCUT2D eigenvalue weighted by Crippen LogP contribution is 2.45. The topological polar surface area (TPSA) is 237 Å². The molecule has 0 aliphatic heterocycles. The number of carbonyl (C=O) groups excluding carboxylic acids is 4. The minimum absolute atomic E-state index is 0.105. The van der Waals surface area contributed by atoms with Gasteiger partial charge >= 0.3 is 39.5 Å². The molecular formula is C77H150O17P2. The highest BCUT2D eigenvalue weighted by atomic mass is 31.2. The summed E-state index contributed by atoms with van der Waals surface area (Å²) in [5.41, 5.74) is 0. The fraction of sp³-hybridized carbons (Fsp3) is 0.948. The molecule has 19 heteroatoms. The summed E-state index contributed by atoms with van der Waals surface area (Å²) in [5.74, 6) is 0.257.